The summed E-state index contributed by atoms with van der Waals surface area (Å²) in [4.78, 5) is 12.1. The van der Waals surface area contributed by atoms with Gasteiger partial charge in [-0.25, -0.2) is 0 Å². The van der Waals surface area contributed by atoms with E-state index in [2.05, 4.69) is 24.3 Å². The Morgan fingerprint density at radius 1 is 0.895 bits per heavy atom. The van der Waals surface area contributed by atoms with Crippen molar-refractivity contribution >= 4 is 5.97 Å². The average molecular weight is 258 g/mol. The van der Waals surface area contributed by atoms with Gasteiger partial charge in [0.1, 0.15) is 0 Å². The third-order valence-electron chi connectivity index (χ3n) is 5.57. The maximum absolute atomic E-state index is 12.1. The molecule has 2 nitrogen and oxygen atoms in total. The van der Waals surface area contributed by atoms with Gasteiger partial charge in [0.15, 0.2) is 0 Å². The summed E-state index contributed by atoms with van der Waals surface area (Å²) >= 11 is 0. The molecule has 0 aliphatic heterocycles. The number of carboxylic acid groups (broad SMARTS) is 1. The number of hydrogen-bond donors (Lipinski definition) is 1. The monoisotopic (exact) mass is 258 g/mol. The molecule has 0 bridgehead atoms. The summed E-state index contributed by atoms with van der Waals surface area (Å²) < 4.78 is 0. The Labute approximate surface area is 114 Å². The second kappa shape index (κ2) is 4.66. The van der Waals surface area contributed by atoms with Gasteiger partial charge in [-0.15, -0.1) is 0 Å². The van der Waals surface area contributed by atoms with Gasteiger partial charge in [0.2, 0.25) is 0 Å². The quantitative estimate of drug-likeness (QED) is 0.884. The third kappa shape index (κ3) is 1.73. The normalized spacial score (nSPS) is 24.4. The first-order valence-corrected chi connectivity index (χ1v) is 7.50. The minimum atomic E-state index is -0.559. The molecule has 2 aliphatic rings. The zero-order chi connectivity index (χ0) is 13.3. The number of carbonyl (C=O) groups is 1. The highest BCUT2D eigenvalue weighted by Crippen LogP contribution is 2.60. The molecule has 1 aromatic rings. The van der Waals surface area contributed by atoms with Crippen LogP contribution < -0.4 is 0 Å². The van der Waals surface area contributed by atoms with Crippen LogP contribution in [0.2, 0.25) is 0 Å². The van der Waals surface area contributed by atoms with Crippen molar-refractivity contribution in [1.82, 2.24) is 0 Å². The lowest BCUT2D eigenvalue weighted by Gasteiger charge is -2.44. The zero-order valence-corrected chi connectivity index (χ0v) is 11.4. The summed E-state index contributed by atoms with van der Waals surface area (Å²) in [5.74, 6) is -0.559. The zero-order valence-electron chi connectivity index (χ0n) is 11.4. The highest BCUT2D eigenvalue weighted by Gasteiger charge is 2.58. The number of hydrogen-bond acceptors (Lipinski definition) is 1. The van der Waals surface area contributed by atoms with Crippen molar-refractivity contribution < 1.29 is 9.90 Å². The summed E-state index contributed by atoms with van der Waals surface area (Å²) in [6.07, 6.45) is 8.29. The van der Waals surface area contributed by atoms with Gasteiger partial charge in [0.05, 0.1) is 5.41 Å². The minimum absolute atomic E-state index is 0.114. The lowest BCUT2D eigenvalue weighted by molar-refractivity contribution is -0.154. The third-order valence-corrected chi connectivity index (χ3v) is 5.57. The maximum Gasteiger partial charge on any atom is 0.310 e. The fourth-order valence-corrected chi connectivity index (χ4v) is 4.65. The molecule has 0 heterocycles. The Bertz CT molecular complexity index is 451. The smallest absolute Gasteiger partial charge is 0.310 e. The van der Waals surface area contributed by atoms with E-state index in [1.165, 1.54) is 18.4 Å². The molecule has 0 radical (unpaired) electrons. The summed E-state index contributed by atoms with van der Waals surface area (Å²) in [6.45, 7) is 0. The van der Waals surface area contributed by atoms with Crippen molar-refractivity contribution in [1.29, 1.82) is 0 Å². The molecule has 2 fully saturated rings. The molecule has 2 aliphatic carbocycles. The summed E-state index contributed by atoms with van der Waals surface area (Å²) in [5, 5.41) is 9.95. The Balaban J connectivity index is 2.12. The predicted octanol–water partition coefficient (Wildman–Crippen LogP) is 4.14. The fraction of sp³-hybridized carbons (Fsp3) is 0.588. The van der Waals surface area contributed by atoms with E-state index in [4.69, 9.17) is 0 Å². The molecule has 102 valence electrons. The second-order valence-corrected chi connectivity index (χ2v) is 6.25. The van der Waals surface area contributed by atoms with Crippen LogP contribution in [0.3, 0.4) is 0 Å². The first kappa shape index (κ1) is 12.7. The predicted molar refractivity (Wildman–Crippen MR) is 75.1 cm³/mol. The topological polar surface area (TPSA) is 37.3 Å². The van der Waals surface area contributed by atoms with Crippen molar-refractivity contribution in [2.75, 3.05) is 0 Å². The van der Waals surface area contributed by atoms with E-state index in [1.54, 1.807) is 0 Å². The fourth-order valence-electron chi connectivity index (χ4n) is 4.65. The van der Waals surface area contributed by atoms with E-state index in [-0.39, 0.29) is 5.41 Å². The minimum Gasteiger partial charge on any atom is -0.481 e. The summed E-state index contributed by atoms with van der Waals surface area (Å²) in [5.41, 5.74) is 0.637. The highest BCUT2D eigenvalue weighted by atomic mass is 16.4. The van der Waals surface area contributed by atoms with Crippen LogP contribution in [0.1, 0.15) is 56.9 Å². The van der Waals surface area contributed by atoms with Crippen LogP contribution in [-0.4, -0.2) is 11.1 Å². The molecular formula is C17H22O2. The van der Waals surface area contributed by atoms with Gasteiger partial charge in [-0.05, 0) is 31.2 Å². The van der Waals surface area contributed by atoms with Gasteiger partial charge < -0.3 is 5.11 Å². The molecule has 1 N–H and O–H groups in total. The van der Waals surface area contributed by atoms with E-state index in [0.717, 1.165) is 38.5 Å². The molecule has 0 saturated heterocycles. The van der Waals surface area contributed by atoms with Gasteiger partial charge >= 0.3 is 5.97 Å². The highest BCUT2D eigenvalue weighted by molar-refractivity contribution is 5.78. The molecular weight excluding hydrogens is 236 g/mol. The van der Waals surface area contributed by atoms with Crippen LogP contribution in [0.4, 0.5) is 0 Å². The van der Waals surface area contributed by atoms with Crippen molar-refractivity contribution in [3.8, 4) is 0 Å². The van der Waals surface area contributed by atoms with Crippen LogP contribution in [0, 0.1) is 5.41 Å². The molecule has 19 heavy (non-hydrogen) atoms. The number of benzene rings is 1. The number of rotatable bonds is 3. The van der Waals surface area contributed by atoms with Crippen LogP contribution in [0.5, 0.6) is 0 Å². The Morgan fingerprint density at radius 2 is 1.42 bits per heavy atom. The van der Waals surface area contributed by atoms with Gasteiger partial charge in [0, 0.05) is 5.41 Å². The van der Waals surface area contributed by atoms with Gasteiger partial charge in [0.25, 0.3) is 0 Å². The second-order valence-electron chi connectivity index (χ2n) is 6.25. The lowest BCUT2D eigenvalue weighted by Crippen LogP contribution is -2.47. The number of aliphatic carboxylic acids is 1. The van der Waals surface area contributed by atoms with Gasteiger partial charge in [-0.2, -0.15) is 0 Å². The SMILES string of the molecule is O=C(O)C1(C2(c3ccccc3)CCCC2)CCCC1. The van der Waals surface area contributed by atoms with Crippen molar-refractivity contribution in [2.45, 2.75) is 56.8 Å². The van der Waals surface area contributed by atoms with Crippen molar-refractivity contribution in [2.24, 2.45) is 5.41 Å². The standard InChI is InChI=1S/C17H22O2/c18-15(19)17(12-6-7-13-17)16(10-4-5-11-16)14-8-2-1-3-9-14/h1-3,8-9H,4-7,10-13H2,(H,18,19). The largest absolute Gasteiger partial charge is 0.481 e. The first-order chi connectivity index (χ1) is 9.21. The molecule has 2 heteroatoms. The lowest BCUT2D eigenvalue weighted by atomic mass is 9.57. The first-order valence-electron chi connectivity index (χ1n) is 7.50. The average Bonchev–Trinajstić information content (AvgIpc) is 3.10. The van der Waals surface area contributed by atoms with E-state index in [9.17, 15) is 9.90 Å². The van der Waals surface area contributed by atoms with E-state index < -0.39 is 11.4 Å². The van der Waals surface area contributed by atoms with Crippen LogP contribution in [0.25, 0.3) is 0 Å². The van der Waals surface area contributed by atoms with Crippen LogP contribution in [0.15, 0.2) is 30.3 Å². The van der Waals surface area contributed by atoms with Crippen molar-refractivity contribution in [3.05, 3.63) is 35.9 Å². The van der Waals surface area contributed by atoms with Crippen molar-refractivity contribution in [3.63, 3.8) is 0 Å². The summed E-state index contributed by atoms with van der Waals surface area (Å²) in [7, 11) is 0. The number of carboxylic acids is 1. The van der Waals surface area contributed by atoms with E-state index in [1.807, 2.05) is 6.07 Å². The molecule has 0 spiro atoms. The summed E-state index contributed by atoms with van der Waals surface area (Å²) in [6, 6.07) is 10.4. The molecule has 1 aromatic carbocycles. The Morgan fingerprint density at radius 3 is 1.95 bits per heavy atom. The Kier molecular flexibility index (Phi) is 3.12. The van der Waals surface area contributed by atoms with Crippen LogP contribution >= 0.6 is 0 Å². The van der Waals surface area contributed by atoms with E-state index >= 15 is 0 Å². The molecule has 0 unspecified atom stereocenters. The Hall–Kier alpha value is -1.31. The molecule has 0 amide bonds. The van der Waals surface area contributed by atoms with Gasteiger partial charge in [-0.1, -0.05) is 56.0 Å². The van der Waals surface area contributed by atoms with Crippen LogP contribution in [-0.2, 0) is 10.2 Å². The molecule has 2 saturated carbocycles. The molecule has 0 atom stereocenters. The molecule has 3 rings (SSSR count). The molecule has 0 aromatic heterocycles. The van der Waals surface area contributed by atoms with Gasteiger partial charge in [-0.3, -0.25) is 4.79 Å². The van der Waals surface area contributed by atoms with E-state index in [0.29, 0.717) is 0 Å². The maximum atomic E-state index is 12.1.